The molecule has 0 aromatic rings. The lowest BCUT2D eigenvalue weighted by Gasteiger charge is -2.36. The van der Waals surface area contributed by atoms with Crippen LogP contribution in [0, 0.1) is 23.7 Å². The van der Waals surface area contributed by atoms with Crippen molar-refractivity contribution in [3.63, 3.8) is 0 Å². The summed E-state index contributed by atoms with van der Waals surface area (Å²) in [6.07, 6.45) is 7.48. The number of hydrogen-bond donors (Lipinski definition) is 2. The highest BCUT2D eigenvalue weighted by molar-refractivity contribution is 7.99. The lowest BCUT2D eigenvalue weighted by molar-refractivity contribution is -0.132. The standard InChI is InChI=1S/C14H24N2OS/c1-4-9-18-10-8-16-13(17)14(2,3)12-6-5-7-15-11-12/h1,12,15H,5-11H2,2-3H3,(H,16,17). The Bertz CT molecular complexity index is 303. The number of piperidine rings is 1. The van der Waals surface area contributed by atoms with Crippen molar-refractivity contribution in [1.29, 1.82) is 0 Å². The second-order valence-electron chi connectivity index (χ2n) is 5.28. The molecule has 1 fully saturated rings. The van der Waals surface area contributed by atoms with Gasteiger partial charge in [0.15, 0.2) is 0 Å². The van der Waals surface area contributed by atoms with Crippen molar-refractivity contribution < 1.29 is 4.79 Å². The molecule has 18 heavy (non-hydrogen) atoms. The average molecular weight is 268 g/mol. The fourth-order valence-electron chi connectivity index (χ4n) is 2.25. The molecule has 102 valence electrons. The maximum atomic E-state index is 12.2. The molecule has 1 saturated heterocycles. The zero-order valence-corrected chi connectivity index (χ0v) is 12.2. The first-order valence-electron chi connectivity index (χ1n) is 6.59. The molecule has 0 radical (unpaired) electrons. The second-order valence-corrected chi connectivity index (χ2v) is 6.38. The Morgan fingerprint density at radius 3 is 3.00 bits per heavy atom. The lowest BCUT2D eigenvalue weighted by atomic mass is 9.74. The Hall–Kier alpha value is -0.660. The van der Waals surface area contributed by atoms with Gasteiger partial charge in [0.1, 0.15) is 0 Å². The molecule has 0 aromatic carbocycles. The van der Waals surface area contributed by atoms with Gasteiger partial charge in [0, 0.05) is 17.7 Å². The van der Waals surface area contributed by atoms with Crippen LogP contribution in [0.5, 0.6) is 0 Å². The van der Waals surface area contributed by atoms with Gasteiger partial charge < -0.3 is 10.6 Å². The summed E-state index contributed by atoms with van der Waals surface area (Å²) < 4.78 is 0. The summed E-state index contributed by atoms with van der Waals surface area (Å²) in [7, 11) is 0. The number of thioether (sulfide) groups is 1. The Kier molecular flexibility index (Phi) is 6.59. The molecule has 3 nitrogen and oxygen atoms in total. The van der Waals surface area contributed by atoms with E-state index >= 15 is 0 Å². The maximum absolute atomic E-state index is 12.2. The van der Waals surface area contributed by atoms with E-state index in [1.807, 2.05) is 0 Å². The molecule has 1 rings (SSSR count). The third-order valence-corrected chi connectivity index (χ3v) is 4.48. The minimum atomic E-state index is -0.287. The van der Waals surface area contributed by atoms with Gasteiger partial charge in [-0.3, -0.25) is 4.79 Å². The molecule has 0 aromatic heterocycles. The molecule has 1 heterocycles. The van der Waals surface area contributed by atoms with Crippen molar-refractivity contribution in [3.8, 4) is 12.3 Å². The van der Waals surface area contributed by atoms with Gasteiger partial charge in [-0.2, -0.15) is 0 Å². The molecule has 1 amide bonds. The Labute approximate surface area is 115 Å². The van der Waals surface area contributed by atoms with Crippen molar-refractivity contribution in [2.75, 3.05) is 31.1 Å². The van der Waals surface area contributed by atoms with Crippen molar-refractivity contribution in [3.05, 3.63) is 0 Å². The van der Waals surface area contributed by atoms with E-state index in [2.05, 4.69) is 30.4 Å². The minimum absolute atomic E-state index is 0.164. The van der Waals surface area contributed by atoms with Crippen LogP contribution in [0.1, 0.15) is 26.7 Å². The third kappa shape index (κ3) is 4.55. The molecule has 1 unspecified atom stereocenters. The fraction of sp³-hybridized carbons (Fsp3) is 0.786. The van der Waals surface area contributed by atoms with E-state index in [0.717, 1.165) is 25.3 Å². The van der Waals surface area contributed by atoms with Crippen LogP contribution in [0.2, 0.25) is 0 Å². The molecule has 1 aliphatic rings. The number of carbonyl (C=O) groups excluding carboxylic acids is 1. The summed E-state index contributed by atoms with van der Waals surface area (Å²) >= 11 is 1.68. The highest BCUT2D eigenvalue weighted by atomic mass is 32.2. The summed E-state index contributed by atoms with van der Waals surface area (Å²) in [6, 6.07) is 0. The van der Waals surface area contributed by atoms with Crippen LogP contribution in [0.4, 0.5) is 0 Å². The Balaban J connectivity index is 2.32. The van der Waals surface area contributed by atoms with Crippen LogP contribution in [0.3, 0.4) is 0 Å². The molecule has 1 atom stereocenters. The minimum Gasteiger partial charge on any atom is -0.355 e. The van der Waals surface area contributed by atoms with Crippen LogP contribution >= 0.6 is 11.8 Å². The number of hydrogen-bond acceptors (Lipinski definition) is 3. The lowest BCUT2D eigenvalue weighted by Crippen LogP contribution is -2.47. The quantitative estimate of drug-likeness (QED) is 0.566. The predicted molar refractivity (Wildman–Crippen MR) is 78.5 cm³/mol. The third-order valence-electron chi connectivity index (χ3n) is 3.62. The van der Waals surface area contributed by atoms with Gasteiger partial charge in [-0.25, -0.2) is 0 Å². The number of carbonyl (C=O) groups is 1. The smallest absolute Gasteiger partial charge is 0.226 e. The number of nitrogens with one attached hydrogen (secondary N) is 2. The van der Waals surface area contributed by atoms with Crippen molar-refractivity contribution >= 4 is 17.7 Å². The van der Waals surface area contributed by atoms with Gasteiger partial charge in [-0.15, -0.1) is 18.2 Å². The molecule has 0 spiro atoms. The molecule has 4 heteroatoms. The summed E-state index contributed by atoms with van der Waals surface area (Å²) in [5.41, 5.74) is -0.287. The molecule has 2 N–H and O–H groups in total. The van der Waals surface area contributed by atoms with E-state index in [1.54, 1.807) is 11.8 Å². The molecular formula is C14H24N2OS. The molecule has 1 aliphatic heterocycles. The van der Waals surface area contributed by atoms with E-state index in [4.69, 9.17) is 6.42 Å². The molecule has 0 bridgehead atoms. The topological polar surface area (TPSA) is 41.1 Å². The van der Waals surface area contributed by atoms with Crippen LogP contribution in [-0.4, -0.2) is 37.0 Å². The Morgan fingerprint density at radius 2 is 2.39 bits per heavy atom. The molecular weight excluding hydrogens is 244 g/mol. The number of rotatable bonds is 6. The highest BCUT2D eigenvalue weighted by Crippen LogP contribution is 2.31. The van der Waals surface area contributed by atoms with Gasteiger partial charge in [0.25, 0.3) is 0 Å². The van der Waals surface area contributed by atoms with E-state index in [-0.39, 0.29) is 11.3 Å². The predicted octanol–water partition coefficient (Wildman–Crippen LogP) is 1.49. The number of terminal acetylenes is 1. The van der Waals surface area contributed by atoms with Gasteiger partial charge in [0.2, 0.25) is 5.91 Å². The van der Waals surface area contributed by atoms with E-state index in [9.17, 15) is 4.79 Å². The zero-order chi connectivity index (χ0) is 13.4. The highest BCUT2D eigenvalue weighted by Gasteiger charge is 2.36. The van der Waals surface area contributed by atoms with Crippen molar-refractivity contribution in [1.82, 2.24) is 10.6 Å². The van der Waals surface area contributed by atoms with Crippen LogP contribution in [0.25, 0.3) is 0 Å². The second kappa shape index (κ2) is 7.70. The van der Waals surface area contributed by atoms with Crippen LogP contribution < -0.4 is 10.6 Å². The summed E-state index contributed by atoms with van der Waals surface area (Å²) in [5.74, 6) is 4.78. The van der Waals surface area contributed by atoms with Gasteiger partial charge in [-0.05, 0) is 31.8 Å². The van der Waals surface area contributed by atoms with Gasteiger partial charge in [0.05, 0.1) is 5.75 Å². The van der Waals surface area contributed by atoms with Crippen LogP contribution in [0.15, 0.2) is 0 Å². The van der Waals surface area contributed by atoms with Gasteiger partial charge >= 0.3 is 0 Å². The first-order chi connectivity index (χ1) is 8.59. The van der Waals surface area contributed by atoms with E-state index < -0.39 is 0 Å². The largest absolute Gasteiger partial charge is 0.355 e. The van der Waals surface area contributed by atoms with E-state index in [1.165, 1.54) is 6.42 Å². The summed E-state index contributed by atoms with van der Waals surface area (Å²) in [6.45, 7) is 6.83. The zero-order valence-electron chi connectivity index (χ0n) is 11.4. The van der Waals surface area contributed by atoms with Crippen molar-refractivity contribution in [2.24, 2.45) is 11.3 Å². The SMILES string of the molecule is C#CCSCCNC(=O)C(C)(C)C1CCCNC1. The molecule has 0 saturated carbocycles. The van der Waals surface area contributed by atoms with Crippen LogP contribution in [-0.2, 0) is 4.79 Å². The van der Waals surface area contributed by atoms with Gasteiger partial charge in [-0.1, -0.05) is 19.8 Å². The van der Waals surface area contributed by atoms with Crippen molar-refractivity contribution in [2.45, 2.75) is 26.7 Å². The average Bonchev–Trinajstić information content (AvgIpc) is 2.39. The number of amides is 1. The molecule has 0 aliphatic carbocycles. The summed E-state index contributed by atoms with van der Waals surface area (Å²) in [5, 5.41) is 6.40. The fourth-order valence-corrected chi connectivity index (χ4v) is 2.76. The summed E-state index contributed by atoms with van der Waals surface area (Å²) in [4.78, 5) is 12.2. The monoisotopic (exact) mass is 268 g/mol. The maximum Gasteiger partial charge on any atom is 0.226 e. The van der Waals surface area contributed by atoms with E-state index in [0.29, 0.717) is 18.2 Å². The Morgan fingerprint density at radius 1 is 1.61 bits per heavy atom. The first kappa shape index (κ1) is 15.4. The first-order valence-corrected chi connectivity index (χ1v) is 7.74. The normalized spacial score (nSPS) is 20.2.